The van der Waals surface area contributed by atoms with Crippen LogP contribution in [0.2, 0.25) is 5.02 Å². The van der Waals surface area contributed by atoms with E-state index in [0.717, 1.165) is 29.4 Å². The molecule has 120 valence electrons. The highest BCUT2D eigenvalue weighted by molar-refractivity contribution is 9.10. The third-order valence-electron chi connectivity index (χ3n) is 3.02. The molecule has 2 nitrogen and oxygen atoms in total. The average molecular weight is 385 g/mol. The fraction of sp³-hybridized carbons (Fsp3) is 0.600. The van der Waals surface area contributed by atoms with E-state index in [0.29, 0.717) is 18.1 Å². The van der Waals surface area contributed by atoms with E-state index in [9.17, 15) is 8.78 Å². The van der Waals surface area contributed by atoms with Crippen LogP contribution in [0.3, 0.4) is 0 Å². The van der Waals surface area contributed by atoms with E-state index >= 15 is 0 Å². The summed E-state index contributed by atoms with van der Waals surface area (Å²) >= 11 is 9.60. The van der Waals surface area contributed by atoms with E-state index in [2.05, 4.69) is 28.2 Å². The number of ether oxygens (including phenoxy) is 1. The summed E-state index contributed by atoms with van der Waals surface area (Å²) in [6.45, 7) is 2.79. The van der Waals surface area contributed by atoms with E-state index < -0.39 is 13.0 Å². The maximum Gasteiger partial charge on any atom is 0.261 e. The minimum atomic E-state index is -2.41. The molecule has 1 atom stereocenters. The van der Waals surface area contributed by atoms with Crippen LogP contribution in [0.5, 0.6) is 0 Å². The molecule has 0 saturated heterocycles. The van der Waals surface area contributed by atoms with E-state index in [1.807, 2.05) is 18.2 Å². The molecule has 1 aromatic carbocycles. The largest absolute Gasteiger partial charge is 0.375 e. The molecule has 1 rings (SSSR count). The Kier molecular flexibility index (Phi) is 9.40. The molecule has 6 heteroatoms. The first-order valence-electron chi connectivity index (χ1n) is 7.06. The van der Waals surface area contributed by atoms with Gasteiger partial charge in [-0.3, -0.25) is 0 Å². The molecular formula is C15H21BrClF2NO. The molecule has 0 aliphatic heterocycles. The Labute approximate surface area is 138 Å². The molecule has 21 heavy (non-hydrogen) atoms. The highest BCUT2D eigenvalue weighted by Crippen LogP contribution is 2.23. The van der Waals surface area contributed by atoms with Crippen molar-refractivity contribution < 1.29 is 13.5 Å². The van der Waals surface area contributed by atoms with Gasteiger partial charge < -0.3 is 10.1 Å². The van der Waals surface area contributed by atoms with Crippen molar-refractivity contribution in [3.8, 4) is 0 Å². The average Bonchev–Trinajstić information content (AvgIpc) is 2.43. The second-order valence-electron chi connectivity index (χ2n) is 4.85. The summed E-state index contributed by atoms with van der Waals surface area (Å²) < 4.78 is 30.0. The van der Waals surface area contributed by atoms with Crippen molar-refractivity contribution >= 4 is 27.5 Å². The van der Waals surface area contributed by atoms with Crippen LogP contribution in [0.25, 0.3) is 0 Å². The Morgan fingerprint density at radius 1 is 1.38 bits per heavy atom. The van der Waals surface area contributed by atoms with Crippen molar-refractivity contribution in [3.63, 3.8) is 0 Å². The smallest absolute Gasteiger partial charge is 0.261 e. The summed E-state index contributed by atoms with van der Waals surface area (Å²) in [6.07, 6.45) is 0.0408. The van der Waals surface area contributed by atoms with Gasteiger partial charge in [0.25, 0.3) is 6.43 Å². The molecule has 0 heterocycles. The summed E-state index contributed by atoms with van der Waals surface area (Å²) in [5.41, 5.74) is 1.04. The minimum Gasteiger partial charge on any atom is -0.375 e. The summed E-state index contributed by atoms with van der Waals surface area (Å²) in [5.74, 6) is 0. The molecule has 0 saturated carbocycles. The minimum absolute atomic E-state index is 0.168. The molecule has 1 N–H and O–H groups in total. The number of halogens is 4. The first-order valence-corrected chi connectivity index (χ1v) is 8.23. The molecule has 0 fully saturated rings. The van der Waals surface area contributed by atoms with Gasteiger partial charge in [0.1, 0.15) is 6.61 Å². The normalized spacial score (nSPS) is 12.9. The van der Waals surface area contributed by atoms with Gasteiger partial charge >= 0.3 is 0 Å². The van der Waals surface area contributed by atoms with Gasteiger partial charge in [0.15, 0.2) is 0 Å². The van der Waals surface area contributed by atoms with Crippen LogP contribution in [0.4, 0.5) is 8.78 Å². The lowest BCUT2D eigenvalue weighted by Gasteiger charge is -2.19. The summed E-state index contributed by atoms with van der Waals surface area (Å²) in [6, 6.07) is 5.96. The summed E-state index contributed by atoms with van der Waals surface area (Å²) in [4.78, 5) is 0. The molecule has 0 aliphatic carbocycles. The Balaban J connectivity index is 2.51. The number of hydrogen-bond acceptors (Lipinski definition) is 2. The van der Waals surface area contributed by atoms with Gasteiger partial charge in [-0.25, -0.2) is 8.78 Å². The number of hydrogen-bond donors (Lipinski definition) is 1. The molecular weight excluding hydrogens is 364 g/mol. The lowest BCUT2D eigenvalue weighted by molar-refractivity contribution is 0.0144. The van der Waals surface area contributed by atoms with Crippen molar-refractivity contribution in [2.75, 3.05) is 19.8 Å². The molecule has 0 aromatic heterocycles. The number of benzene rings is 1. The second kappa shape index (κ2) is 10.5. The van der Waals surface area contributed by atoms with Crippen LogP contribution in [-0.4, -0.2) is 32.2 Å². The van der Waals surface area contributed by atoms with Gasteiger partial charge in [0.2, 0.25) is 0 Å². The van der Waals surface area contributed by atoms with Crippen LogP contribution in [0.15, 0.2) is 22.7 Å². The van der Waals surface area contributed by atoms with Crippen molar-refractivity contribution in [1.29, 1.82) is 0 Å². The van der Waals surface area contributed by atoms with Gasteiger partial charge in [0, 0.05) is 22.1 Å². The quantitative estimate of drug-likeness (QED) is 0.591. The third kappa shape index (κ3) is 8.10. The Morgan fingerprint density at radius 3 is 2.76 bits per heavy atom. The van der Waals surface area contributed by atoms with Crippen molar-refractivity contribution in [2.45, 2.75) is 38.7 Å². The predicted molar refractivity (Wildman–Crippen MR) is 86.4 cm³/mol. The Bertz CT molecular complexity index is 421. The predicted octanol–water partition coefficient (Wildman–Crippen LogP) is 4.69. The second-order valence-corrected chi connectivity index (χ2v) is 6.17. The fourth-order valence-electron chi connectivity index (χ4n) is 1.98. The molecule has 0 radical (unpaired) electrons. The highest BCUT2D eigenvalue weighted by atomic mass is 79.9. The van der Waals surface area contributed by atoms with Gasteiger partial charge in [-0.05, 0) is 43.5 Å². The molecule has 0 aliphatic rings. The van der Waals surface area contributed by atoms with Crippen LogP contribution in [0.1, 0.15) is 25.3 Å². The maximum atomic E-state index is 12.0. The Morgan fingerprint density at radius 2 is 2.14 bits per heavy atom. The zero-order chi connectivity index (χ0) is 15.7. The van der Waals surface area contributed by atoms with Crippen molar-refractivity contribution in [2.24, 2.45) is 0 Å². The van der Waals surface area contributed by atoms with Gasteiger partial charge in [-0.2, -0.15) is 0 Å². The highest BCUT2D eigenvalue weighted by Gasteiger charge is 2.12. The van der Waals surface area contributed by atoms with Crippen LogP contribution in [-0.2, 0) is 11.2 Å². The SMILES string of the molecule is CCCNC(CCOCC(F)F)Cc1ccc(Br)cc1Cl. The van der Waals surface area contributed by atoms with Crippen LogP contribution >= 0.6 is 27.5 Å². The lowest BCUT2D eigenvalue weighted by atomic mass is 10.0. The zero-order valence-corrected chi connectivity index (χ0v) is 14.4. The molecule has 0 amide bonds. The van der Waals surface area contributed by atoms with Crippen LogP contribution in [0, 0.1) is 0 Å². The maximum absolute atomic E-state index is 12.0. The Hall–Kier alpha value is -0.230. The third-order valence-corrected chi connectivity index (χ3v) is 3.86. The zero-order valence-electron chi connectivity index (χ0n) is 12.0. The number of alkyl halides is 2. The monoisotopic (exact) mass is 383 g/mol. The van der Waals surface area contributed by atoms with E-state index in [1.165, 1.54) is 0 Å². The van der Waals surface area contributed by atoms with E-state index in [-0.39, 0.29) is 6.04 Å². The number of nitrogens with one attached hydrogen (secondary N) is 1. The lowest BCUT2D eigenvalue weighted by Crippen LogP contribution is -2.33. The summed E-state index contributed by atoms with van der Waals surface area (Å²) in [7, 11) is 0. The van der Waals surface area contributed by atoms with Crippen molar-refractivity contribution in [3.05, 3.63) is 33.3 Å². The number of rotatable bonds is 10. The van der Waals surface area contributed by atoms with Gasteiger partial charge in [0.05, 0.1) is 0 Å². The van der Waals surface area contributed by atoms with Crippen LogP contribution < -0.4 is 5.32 Å². The fourth-order valence-corrected chi connectivity index (χ4v) is 2.73. The first kappa shape index (κ1) is 18.8. The van der Waals surface area contributed by atoms with Gasteiger partial charge in [-0.1, -0.05) is 40.5 Å². The molecule has 0 spiro atoms. The molecule has 1 aromatic rings. The molecule has 0 bridgehead atoms. The topological polar surface area (TPSA) is 21.3 Å². The van der Waals surface area contributed by atoms with E-state index in [4.69, 9.17) is 16.3 Å². The first-order chi connectivity index (χ1) is 10.0. The van der Waals surface area contributed by atoms with Crippen molar-refractivity contribution in [1.82, 2.24) is 5.32 Å². The van der Waals surface area contributed by atoms with E-state index in [1.54, 1.807) is 0 Å². The van der Waals surface area contributed by atoms with Gasteiger partial charge in [-0.15, -0.1) is 0 Å². The standard InChI is InChI=1S/C15H21BrClF2NO/c1-2-6-20-13(5-7-21-10-15(18)19)8-11-3-4-12(16)9-14(11)17/h3-4,9,13,15,20H,2,5-8,10H2,1H3. The molecule has 1 unspecified atom stereocenters. The summed E-state index contributed by atoms with van der Waals surface area (Å²) in [5, 5.41) is 4.12.